The number of nitrogens with zero attached hydrogens (tertiary/aromatic N) is 2. The van der Waals surface area contributed by atoms with E-state index in [1.54, 1.807) is 18.2 Å². The number of rotatable bonds is 5. The molecule has 1 N–H and O–H groups in total. The molecule has 0 aromatic heterocycles. The van der Waals surface area contributed by atoms with Gasteiger partial charge in [-0.3, -0.25) is 9.69 Å². The van der Waals surface area contributed by atoms with Gasteiger partial charge in [-0.25, -0.2) is 0 Å². The molecule has 1 unspecified atom stereocenters. The molecule has 132 valence electrons. The minimum Gasteiger partial charge on any atom is -0.454 e. The Kier molecular flexibility index (Phi) is 5.26. The summed E-state index contributed by atoms with van der Waals surface area (Å²) in [6.07, 6.45) is 0. The molecule has 1 aromatic rings. The van der Waals surface area contributed by atoms with Gasteiger partial charge in [0.15, 0.2) is 11.5 Å². The van der Waals surface area contributed by atoms with Crippen LogP contribution in [-0.4, -0.2) is 68.3 Å². The van der Waals surface area contributed by atoms with Gasteiger partial charge in [0.2, 0.25) is 6.79 Å². The molecular weight excluding hydrogens is 306 g/mol. The van der Waals surface area contributed by atoms with Gasteiger partial charge in [0, 0.05) is 44.3 Å². The number of nitrogens with one attached hydrogen (secondary N) is 1. The van der Waals surface area contributed by atoms with Crippen molar-refractivity contribution >= 4 is 5.91 Å². The molecule has 0 saturated carbocycles. The average Bonchev–Trinajstić information content (AvgIpc) is 3.03. The van der Waals surface area contributed by atoms with Crippen LogP contribution in [0, 0.1) is 5.92 Å². The van der Waals surface area contributed by atoms with Crippen LogP contribution in [0.3, 0.4) is 0 Å². The van der Waals surface area contributed by atoms with Gasteiger partial charge in [-0.2, -0.15) is 0 Å². The zero-order valence-corrected chi connectivity index (χ0v) is 14.7. The summed E-state index contributed by atoms with van der Waals surface area (Å²) >= 11 is 0. The van der Waals surface area contributed by atoms with E-state index >= 15 is 0 Å². The third-order valence-corrected chi connectivity index (χ3v) is 4.88. The van der Waals surface area contributed by atoms with E-state index < -0.39 is 0 Å². The molecule has 0 spiro atoms. The maximum Gasteiger partial charge on any atom is 0.251 e. The average molecular weight is 333 g/mol. The smallest absolute Gasteiger partial charge is 0.251 e. The van der Waals surface area contributed by atoms with Crippen LogP contribution in [0.2, 0.25) is 0 Å². The lowest BCUT2D eigenvalue weighted by molar-refractivity contribution is 0.0791. The maximum atomic E-state index is 12.5. The molecule has 1 saturated heterocycles. The van der Waals surface area contributed by atoms with Crippen molar-refractivity contribution in [3.8, 4) is 11.5 Å². The molecule has 0 bridgehead atoms. The van der Waals surface area contributed by atoms with Gasteiger partial charge in [-0.05, 0) is 31.2 Å². The summed E-state index contributed by atoms with van der Waals surface area (Å²) in [6.45, 7) is 9.59. The highest BCUT2D eigenvalue weighted by atomic mass is 16.7. The first-order valence-corrected chi connectivity index (χ1v) is 8.65. The van der Waals surface area contributed by atoms with E-state index in [4.69, 9.17) is 9.47 Å². The molecule has 1 amide bonds. The summed E-state index contributed by atoms with van der Waals surface area (Å²) in [5.74, 6) is 1.77. The predicted molar refractivity (Wildman–Crippen MR) is 92.6 cm³/mol. The van der Waals surface area contributed by atoms with Crippen LogP contribution < -0.4 is 14.8 Å². The van der Waals surface area contributed by atoms with E-state index in [1.807, 2.05) is 0 Å². The van der Waals surface area contributed by atoms with E-state index in [-0.39, 0.29) is 12.7 Å². The predicted octanol–water partition coefficient (Wildman–Crippen LogP) is 1.42. The molecule has 6 nitrogen and oxygen atoms in total. The van der Waals surface area contributed by atoms with Gasteiger partial charge in [-0.15, -0.1) is 0 Å². The topological polar surface area (TPSA) is 54.0 Å². The number of amides is 1. The van der Waals surface area contributed by atoms with Gasteiger partial charge in [-0.1, -0.05) is 13.8 Å². The molecule has 2 aliphatic heterocycles. The van der Waals surface area contributed by atoms with Crippen molar-refractivity contribution < 1.29 is 14.3 Å². The SMILES string of the molecule is CC(C)C(CNC(=O)c1ccc2c(c1)OCO2)N1CCN(C)CC1. The third-order valence-electron chi connectivity index (χ3n) is 4.88. The first-order chi connectivity index (χ1) is 11.5. The molecule has 1 atom stereocenters. The molecule has 3 rings (SSSR count). The van der Waals surface area contributed by atoms with Gasteiger partial charge >= 0.3 is 0 Å². The van der Waals surface area contributed by atoms with Crippen LogP contribution in [0.5, 0.6) is 11.5 Å². The van der Waals surface area contributed by atoms with Crippen LogP contribution >= 0.6 is 0 Å². The van der Waals surface area contributed by atoms with E-state index in [9.17, 15) is 4.79 Å². The van der Waals surface area contributed by atoms with Crippen molar-refractivity contribution in [1.29, 1.82) is 0 Å². The third kappa shape index (κ3) is 3.82. The second-order valence-electron chi connectivity index (χ2n) is 6.93. The number of carbonyl (C=O) groups is 1. The number of likely N-dealkylation sites (N-methyl/N-ethyl adjacent to an activating group) is 1. The Morgan fingerprint density at radius 1 is 1.17 bits per heavy atom. The van der Waals surface area contributed by atoms with Gasteiger partial charge < -0.3 is 19.7 Å². The Bertz CT molecular complexity index is 583. The standard InChI is InChI=1S/C18H27N3O3/c1-13(2)15(21-8-6-20(3)7-9-21)11-19-18(22)14-4-5-16-17(10-14)24-12-23-16/h4-5,10,13,15H,6-9,11-12H2,1-3H3,(H,19,22). The molecule has 1 fully saturated rings. The van der Waals surface area contributed by atoms with E-state index in [0.29, 0.717) is 35.6 Å². The lowest BCUT2D eigenvalue weighted by atomic mass is 10.0. The molecule has 24 heavy (non-hydrogen) atoms. The van der Waals surface area contributed by atoms with Crippen LogP contribution in [0.1, 0.15) is 24.2 Å². The number of carbonyl (C=O) groups excluding carboxylic acids is 1. The second-order valence-corrected chi connectivity index (χ2v) is 6.93. The van der Waals surface area contributed by atoms with Crippen molar-refractivity contribution in [1.82, 2.24) is 15.1 Å². The molecule has 0 aliphatic carbocycles. The summed E-state index contributed by atoms with van der Waals surface area (Å²) in [5.41, 5.74) is 0.611. The summed E-state index contributed by atoms with van der Waals surface area (Å²) in [6, 6.07) is 5.68. The molecule has 1 aromatic carbocycles. The van der Waals surface area contributed by atoms with Crippen molar-refractivity contribution in [3.63, 3.8) is 0 Å². The lowest BCUT2D eigenvalue weighted by Crippen LogP contribution is -2.54. The van der Waals surface area contributed by atoms with Crippen molar-refractivity contribution in [3.05, 3.63) is 23.8 Å². The number of hydrogen-bond acceptors (Lipinski definition) is 5. The molecular formula is C18H27N3O3. The Hall–Kier alpha value is -1.79. The fourth-order valence-electron chi connectivity index (χ4n) is 3.28. The minimum absolute atomic E-state index is 0.0620. The summed E-state index contributed by atoms with van der Waals surface area (Å²) in [4.78, 5) is 17.3. The summed E-state index contributed by atoms with van der Waals surface area (Å²) < 4.78 is 10.6. The Morgan fingerprint density at radius 3 is 2.58 bits per heavy atom. The Labute approximate surface area is 143 Å². The van der Waals surface area contributed by atoms with Crippen LogP contribution in [0.25, 0.3) is 0 Å². The monoisotopic (exact) mass is 333 g/mol. The zero-order chi connectivity index (χ0) is 17.1. The largest absolute Gasteiger partial charge is 0.454 e. The normalized spacial score (nSPS) is 19.5. The molecule has 6 heteroatoms. The Morgan fingerprint density at radius 2 is 1.88 bits per heavy atom. The summed E-state index contributed by atoms with van der Waals surface area (Å²) in [7, 11) is 2.16. The van der Waals surface area contributed by atoms with Gasteiger partial charge in [0.1, 0.15) is 0 Å². The number of fused-ring (bicyclic) bond motifs is 1. The van der Waals surface area contributed by atoms with Gasteiger partial charge in [0.25, 0.3) is 5.91 Å². The van der Waals surface area contributed by atoms with E-state index in [0.717, 1.165) is 26.2 Å². The molecule has 2 aliphatic rings. The molecule has 2 heterocycles. The lowest BCUT2D eigenvalue weighted by Gasteiger charge is -2.39. The highest BCUT2D eigenvalue weighted by molar-refractivity contribution is 5.94. The summed E-state index contributed by atoms with van der Waals surface area (Å²) in [5, 5.41) is 3.09. The zero-order valence-electron chi connectivity index (χ0n) is 14.7. The fraction of sp³-hybridized carbons (Fsp3) is 0.611. The van der Waals surface area contributed by atoms with Crippen LogP contribution in [0.4, 0.5) is 0 Å². The van der Waals surface area contributed by atoms with Crippen LogP contribution in [0.15, 0.2) is 18.2 Å². The van der Waals surface area contributed by atoms with E-state index in [2.05, 4.69) is 36.0 Å². The van der Waals surface area contributed by atoms with E-state index in [1.165, 1.54) is 0 Å². The minimum atomic E-state index is -0.0620. The van der Waals surface area contributed by atoms with Crippen molar-refractivity contribution in [2.24, 2.45) is 5.92 Å². The van der Waals surface area contributed by atoms with Crippen molar-refractivity contribution in [2.75, 3.05) is 46.6 Å². The van der Waals surface area contributed by atoms with Crippen LogP contribution in [-0.2, 0) is 0 Å². The highest BCUT2D eigenvalue weighted by Crippen LogP contribution is 2.32. The number of hydrogen-bond donors (Lipinski definition) is 1. The first kappa shape index (κ1) is 17.0. The number of ether oxygens (including phenoxy) is 2. The fourth-order valence-corrected chi connectivity index (χ4v) is 3.28. The van der Waals surface area contributed by atoms with Gasteiger partial charge in [0.05, 0.1) is 0 Å². The highest BCUT2D eigenvalue weighted by Gasteiger charge is 2.25. The van der Waals surface area contributed by atoms with Crippen molar-refractivity contribution in [2.45, 2.75) is 19.9 Å². The molecule has 0 radical (unpaired) electrons. The number of benzene rings is 1. The quantitative estimate of drug-likeness (QED) is 0.883. The first-order valence-electron chi connectivity index (χ1n) is 8.65. The second kappa shape index (κ2) is 7.40. The Balaban J connectivity index is 1.59. The number of piperazine rings is 1. The maximum absolute atomic E-state index is 12.5.